The molecule has 1 fully saturated rings. The van der Waals surface area contributed by atoms with E-state index in [0.717, 1.165) is 25.8 Å². The lowest BCUT2D eigenvalue weighted by atomic mass is 9.96. The minimum Gasteiger partial charge on any atom is -0.352 e. The lowest BCUT2D eigenvalue weighted by molar-refractivity contribution is -0.106. The first-order valence-electron chi connectivity index (χ1n) is 12.3. The zero-order valence-electron chi connectivity index (χ0n) is 21.6. The molecule has 0 spiro atoms. The minimum atomic E-state index is -4.99. The third-order valence-corrected chi connectivity index (χ3v) is 7.74. The average molecular weight is 591 g/mol. The molecule has 2 N–H and O–H groups in total. The third kappa shape index (κ3) is 5.64. The predicted octanol–water partition coefficient (Wildman–Crippen LogP) is 1.63. The first-order valence-corrected chi connectivity index (χ1v) is 13.9. The van der Waals surface area contributed by atoms with Crippen LogP contribution in [0.1, 0.15) is 18.9 Å². The fourth-order valence-electron chi connectivity index (χ4n) is 4.56. The summed E-state index contributed by atoms with van der Waals surface area (Å²) in [6.07, 6.45) is -3.94. The van der Waals surface area contributed by atoms with Gasteiger partial charge in [0.25, 0.3) is 11.1 Å². The molecule has 1 aliphatic carbocycles. The van der Waals surface area contributed by atoms with Crippen LogP contribution in [0, 0.1) is 5.82 Å². The molecule has 0 bridgehead atoms. The third-order valence-electron chi connectivity index (χ3n) is 6.49. The van der Waals surface area contributed by atoms with Crippen LogP contribution in [0.3, 0.4) is 0 Å². The number of aromatic nitrogens is 3. The van der Waals surface area contributed by atoms with Crippen molar-refractivity contribution in [2.75, 3.05) is 15.8 Å². The minimum absolute atomic E-state index is 0.0265. The normalized spacial score (nSPS) is 13.9. The Labute approximate surface area is 230 Å². The number of anilines is 3. The molecular weight excluding hydrogens is 569 g/mol. The van der Waals surface area contributed by atoms with Crippen LogP contribution in [0.4, 0.5) is 34.6 Å². The number of benzene rings is 2. The molecule has 4 aromatic rings. The zero-order chi connectivity index (χ0) is 29.9. The van der Waals surface area contributed by atoms with E-state index in [1.54, 1.807) is 13.9 Å². The summed E-state index contributed by atoms with van der Waals surface area (Å²) in [5.74, 6) is -2.77. The van der Waals surface area contributed by atoms with E-state index in [9.17, 15) is 40.4 Å². The van der Waals surface area contributed by atoms with E-state index in [4.69, 9.17) is 0 Å². The van der Waals surface area contributed by atoms with Crippen LogP contribution in [0.15, 0.2) is 62.9 Å². The fourth-order valence-corrected chi connectivity index (χ4v) is 5.54. The summed E-state index contributed by atoms with van der Waals surface area (Å²) in [6.45, 7) is 0. The summed E-state index contributed by atoms with van der Waals surface area (Å²) in [4.78, 5) is 40.5. The maximum Gasteiger partial charge on any atom is 0.404 e. The Morgan fingerprint density at radius 2 is 1.73 bits per heavy atom. The van der Waals surface area contributed by atoms with Gasteiger partial charge in [-0.25, -0.2) is 22.2 Å². The Kier molecular flexibility index (Phi) is 6.84. The van der Waals surface area contributed by atoms with Gasteiger partial charge in [0.2, 0.25) is 10.0 Å². The van der Waals surface area contributed by atoms with Crippen molar-refractivity contribution >= 4 is 51.4 Å². The molecule has 41 heavy (non-hydrogen) atoms. The lowest BCUT2D eigenvalue weighted by Gasteiger charge is -2.19. The number of alkyl halides is 3. The van der Waals surface area contributed by atoms with Gasteiger partial charge < -0.3 is 5.32 Å². The van der Waals surface area contributed by atoms with Gasteiger partial charge in [0.15, 0.2) is 5.75 Å². The van der Waals surface area contributed by atoms with Crippen molar-refractivity contribution in [1.29, 1.82) is 0 Å². The Morgan fingerprint density at radius 3 is 2.37 bits per heavy atom. The molecule has 1 aliphatic rings. The fraction of sp³-hybridized carbons (Fsp3) is 0.240. The summed E-state index contributed by atoms with van der Waals surface area (Å²) in [6, 6.07) is 9.93. The van der Waals surface area contributed by atoms with Crippen molar-refractivity contribution in [2.24, 2.45) is 7.05 Å². The number of aryl methyl sites for hydroxylation is 1. The Hall–Kier alpha value is -4.34. The summed E-state index contributed by atoms with van der Waals surface area (Å²) < 4.78 is 82.0. The van der Waals surface area contributed by atoms with Crippen LogP contribution >= 0.6 is 0 Å². The summed E-state index contributed by atoms with van der Waals surface area (Å²) >= 11 is 0. The monoisotopic (exact) mass is 591 g/mol. The maximum absolute atomic E-state index is 14.7. The van der Waals surface area contributed by atoms with Crippen molar-refractivity contribution in [3.63, 3.8) is 0 Å². The molecule has 10 nitrogen and oxygen atoms in total. The van der Waals surface area contributed by atoms with Crippen LogP contribution in [0.2, 0.25) is 0 Å². The van der Waals surface area contributed by atoms with Gasteiger partial charge in [0.05, 0.1) is 22.7 Å². The van der Waals surface area contributed by atoms with Crippen molar-refractivity contribution in [3.05, 3.63) is 85.5 Å². The molecule has 0 aliphatic heterocycles. The van der Waals surface area contributed by atoms with Crippen molar-refractivity contribution in [1.82, 2.24) is 13.7 Å². The van der Waals surface area contributed by atoms with E-state index in [0.29, 0.717) is 18.3 Å². The van der Waals surface area contributed by atoms with E-state index < -0.39 is 50.6 Å². The second-order valence-electron chi connectivity index (χ2n) is 9.81. The van der Waals surface area contributed by atoms with Gasteiger partial charge in [-0.1, -0.05) is 17.6 Å². The van der Waals surface area contributed by atoms with Crippen LogP contribution in [0.5, 0.6) is 0 Å². The number of pyridine rings is 1. The molecule has 0 atom stereocenters. The molecule has 2 heterocycles. The SMILES string of the molecule is Bc1ccc(Nc2cc(=O)n(C)c3c2c(=O)n(C2CC2)c(=O)n3-c2cccc(NS(=O)(=O)CC(F)(F)F)c2)c(F)c1. The van der Waals surface area contributed by atoms with Gasteiger partial charge in [-0.2, -0.15) is 13.2 Å². The first-order chi connectivity index (χ1) is 19.1. The zero-order valence-corrected chi connectivity index (χ0v) is 22.4. The molecule has 214 valence electrons. The Morgan fingerprint density at radius 1 is 1.02 bits per heavy atom. The summed E-state index contributed by atoms with van der Waals surface area (Å²) in [5.41, 5.74) is -2.18. The first kappa shape index (κ1) is 28.2. The number of halogens is 4. The van der Waals surface area contributed by atoms with Crippen LogP contribution < -0.4 is 32.3 Å². The standard InChI is InChI=1S/C25H22BF4N5O5S/c1-33-20(36)11-19(31-18-8-5-13(26)9-17(18)27)21-22(33)34(24(38)35(23(21)37)15-6-7-15)16-4-2-3-14(10-16)32-41(39,40)12-25(28,29)30/h2-5,8-11,15,31-32H,6-7,12,26H2,1H3. The van der Waals surface area contributed by atoms with E-state index in [1.165, 1.54) is 37.4 Å². The molecule has 1 saturated carbocycles. The van der Waals surface area contributed by atoms with Gasteiger partial charge >= 0.3 is 11.9 Å². The average Bonchev–Trinajstić information content (AvgIpc) is 3.67. The molecule has 0 amide bonds. The van der Waals surface area contributed by atoms with E-state index in [2.05, 4.69) is 5.32 Å². The van der Waals surface area contributed by atoms with E-state index in [1.807, 2.05) is 4.72 Å². The molecule has 2 aromatic heterocycles. The van der Waals surface area contributed by atoms with Crippen LogP contribution in [-0.4, -0.2) is 41.9 Å². The summed E-state index contributed by atoms with van der Waals surface area (Å²) in [5, 5.41) is 2.66. The molecule has 0 saturated heterocycles. The predicted molar refractivity (Wildman–Crippen MR) is 149 cm³/mol. The number of nitrogens with one attached hydrogen (secondary N) is 2. The lowest BCUT2D eigenvalue weighted by Crippen LogP contribution is -2.41. The van der Waals surface area contributed by atoms with Crippen molar-refractivity contribution in [2.45, 2.75) is 25.1 Å². The second-order valence-corrected chi connectivity index (χ2v) is 11.5. The molecule has 5 rings (SSSR count). The highest BCUT2D eigenvalue weighted by Crippen LogP contribution is 2.34. The molecule has 16 heteroatoms. The van der Waals surface area contributed by atoms with Gasteiger partial charge in [0.1, 0.15) is 24.7 Å². The number of nitrogens with zero attached hydrogens (tertiary/aromatic N) is 3. The van der Waals surface area contributed by atoms with Crippen molar-refractivity contribution < 1.29 is 26.0 Å². The maximum atomic E-state index is 14.7. The number of sulfonamides is 1. The van der Waals surface area contributed by atoms with E-state index in [-0.39, 0.29) is 33.8 Å². The van der Waals surface area contributed by atoms with E-state index >= 15 is 0 Å². The number of hydrogen-bond donors (Lipinski definition) is 2. The van der Waals surface area contributed by atoms with Crippen LogP contribution in [0.25, 0.3) is 16.7 Å². The van der Waals surface area contributed by atoms with Gasteiger partial charge in [-0.05, 0) is 43.2 Å². The van der Waals surface area contributed by atoms with Crippen LogP contribution in [-0.2, 0) is 17.1 Å². The smallest absolute Gasteiger partial charge is 0.352 e. The molecule has 0 unspecified atom stereocenters. The second kappa shape index (κ2) is 9.94. The van der Waals surface area contributed by atoms with Crippen molar-refractivity contribution in [3.8, 4) is 5.69 Å². The number of fused-ring (bicyclic) bond motifs is 1. The Balaban J connectivity index is 1.77. The van der Waals surface area contributed by atoms with Gasteiger partial charge in [0, 0.05) is 19.2 Å². The topological polar surface area (TPSA) is 124 Å². The highest BCUT2D eigenvalue weighted by molar-refractivity contribution is 7.92. The summed E-state index contributed by atoms with van der Waals surface area (Å²) in [7, 11) is -1.85. The quantitative estimate of drug-likeness (QED) is 0.249. The Bertz CT molecular complexity index is 2000. The molecular formula is C25H22BF4N5O5S. The molecule has 2 aromatic carbocycles. The highest BCUT2D eigenvalue weighted by atomic mass is 32.2. The molecule has 0 radical (unpaired) electrons. The van der Waals surface area contributed by atoms with Gasteiger partial charge in [-0.15, -0.1) is 0 Å². The largest absolute Gasteiger partial charge is 0.404 e. The number of rotatable bonds is 7. The number of hydrogen-bond acceptors (Lipinski definition) is 6. The highest BCUT2D eigenvalue weighted by Gasteiger charge is 2.35. The van der Waals surface area contributed by atoms with Gasteiger partial charge in [-0.3, -0.25) is 23.4 Å².